The molecule has 1 N–H and O–H groups in total. The van der Waals surface area contributed by atoms with Crippen LogP contribution in [0.4, 0.5) is 4.79 Å². The van der Waals surface area contributed by atoms with Crippen LogP contribution >= 0.6 is 0 Å². The summed E-state index contributed by atoms with van der Waals surface area (Å²) < 4.78 is 5.23. The Hall–Kier alpha value is -1.51. The Kier molecular flexibility index (Phi) is 4.76. The van der Waals surface area contributed by atoms with E-state index in [9.17, 15) is 4.79 Å². The molecule has 0 spiro atoms. The van der Waals surface area contributed by atoms with Gasteiger partial charge in [0.2, 0.25) is 0 Å². The number of rotatable bonds is 3. The van der Waals surface area contributed by atoms with Gasteiger partial charge in [-0.2, -0.15) is 0 Å². The van der Waals surface area contributed by atoms with Crippen molar-refractivity contribution in [2.45, 2.75) is 52.7 Å². The van der Waals surface area contributed by atoms with Crippen LogP contribution < -0.4 is 5.32 Å². The van der Waals surface area contributed by atoms with Crippen LogP contribution in [0, 0.1) is 6.92 Å². The quantitative estimate of drug-likeness (QED) is 0.891. The van der Waals surface area contributed by atoms with Gasteiger partial charge in [0.1, 0.15) is 5.60 Å². The van der Waals surface area contributed by atoms with Gasteiger partial charge in [0.25, 0.3) is 0 Å². The van der Waals surface area contributed by atoms with Crippen molar-refractivity contribution < 1.29 is 9.53 Å². The Labute approximate surface area is 110 Å². The maximum absolute atomic E-state index is 11.6. The molecule has 0 fully saturated rings. The first-order valence-corrected chi connectivity index (χ1v) is 6.32. The summed E-state index contributed by atoms with van der Waals surface area (Å²) in [5, 5.41) is 2.85. The molecule has 3 nitrogen and oxygen atoms in total. The van der Waals surface area contributed by atoms with Crippen LogP contribution in [0.15, 0.2) is 24.3 Å². The van der Waals surface area contributed by atoms with Crippen LogP contribution in [0.3, 0.4) is 0 Å². The van der Waals surface area contributed by atoms with E-state index in [0.29, 0.717) is 0 Å². The molecule has 0 bridgehead atoms. The van der Waals surface area contributed by atoms with Gasteiger partial charge in [0.15, 0.2) is 0 Å². The van der Waals surface area contributed by atoms with Crippen LogP contribution in [-0.2, 0) is 11.2 Å². The molecule has 1 aromatic rings. The maximum Gasteiger partial charge on any atom is 0.407 e. The average Bonchev–Trinajstić information content (AvgIpc) is 2.18. The van der Waals surface area contributed by atoms with Gasteiger partial charge in [0.05, 0.1) is 0 Å². The minimum Gasteiger partial charge on any atom is -0.444 e. The van der Waals surface area contributed by atoms with Crippen molar-refractivity contribution in [2.24, 2.45) is 0 Å². The zero-order valence-electron chi connectivity index (χ0n) is 11.9. The number of benzene rings is 1. The van der Waals surface area contributed by atoms with E-state index in [1.165, 1.54) is 11.1 Å². The molecule has 1 atom stereocenters. The lowest BCUT2D eigenvalue weighted by Gasteiger charge is -2.22. The lowest BCUT2D eigenvalue weighted by molar-refractivity contribution is 0.0508. The molecular weight excluding hydrogens is 226 g/mol. The number of hydrogen-bond acceptors (Lipinski definition) is 2. The normalized spacial score (nSPS) is 12.9. The third-order valence-electron chi connectivity index (χ3n) is 2.55. The first kappa shape index (κ1) is 14.6. The molecule has 18 heavy (non-hydrogen) atoms. The highest BCUT2D eigenvalue weighted by molar-refractivity contribution is 5.68. The lowest BCUT2D eigenvalue weighted by atomic mass is 10.0. The van der Waals surface area contributed by atoms with Gasteiger partial charge in [-0.25, -0.2) is 4.79 Å². The van der Waals surface area contributed by atoms with Crippen LogP contribution in [0.1, 0.15) is 38.8 Å². The molecule has 3 heteroatoms. The summed E-state index contributed by atoms with van der Waals surface area (Å²) in [4.78, 5) is 11.6. The highest BCUT2D eigenvalue weighted by Crippen LogP contribution is 2.11. The number of hydrogen-bond donors (Lipinski definition) is 1. The first-order valence-electron chi connectivity index (χ1n) is 6.32. The van der Waals surface area contributed by atoms with Gasteiger partial charge in [-0.05, 0) is 52.2 Å². The Bertz CT molecular complexity index is 407. The number of amides is 1. The lowest BCUT2D eigenvalue weighted by Crippen LogP contribution is -2.38. The van der Waals surface area contributed by atoms with Crippen molar-refractivity contribution in [1.29, 1.82) is 0 Å². The second-order valence-corrected chi connectivity index (χ2v) is 5.68. The SMILES string of the molecule is Cc1ccccc1CC(C)NC(=O)OC(C)(C)C. The van der Waals surface area contributed by atoms with Crippen molar-refractivity contribution >= 4 is 6.09 Å². The summed E-state index contributed by atoms with van der Waals surface area (Å²) in [6, 6.07) is 8.26. The minimum atomic E-state index is -0.452. The van der Waals surface area contributed by atoms with Gasteiger partial charge in [-0.15, -0.1) is 0 Å². The standard InChI is InChI=1S/C15H23NO2/c1-11-8-6-7-9-13(11)10-12(2)16-14(17)18-15(3,4)5/h6-9,12H,10H2,1-5H3,(H,16,17). The maximum atomic E-state index is 11.6. The van der Waals surface area contributed by atoms with Gasteiger partial charge in [-0.1, -0.05) is 24.3 Å². The fourth-order valence-electron chi connectivity index (χ4n) is 1.73. The van der Waals surface area contributed by atoms with Crippen molar-refractivity contribution in [1.82, 2.24) is 5.32 Å². The topological polar surface area (TPSA) is 38.3 Å². The largest absolute Gasteiger partial charge is 0.444 e. The summed E-state index contributed by atoms with van der Waals surface area (Å²) in [7, 11) is 0. The molecule has 1 unspecified atom stereocenters. The Morgan fingerprint density at radius 3 is 2.50 bits per heavy atom. The number of nitrogens with one attached hydrogen (secondary N) is 1. The van der Waals surface area contributed by atoms with Gasteiger partial charge < -0.3 is 10.1 Å². The second-order valence-electron chi connectivity index (χ2n) is 5.68. The molecule has 100 valence electrons. The molecule has 0 saturated heterocycles. The first-order chi connectivity index (χ1) is 8.28. The number of ether oxygens (including phenoxy) is 1. The van der Waals surface area contributed by atoms with E-state index in [-0.39, 0.29) is 12.1 Å². The monoisotopic (exact) mass is 249 g/mol. The van der Waals surface area contributed by atoms with E-state index in [0.717, 1.165) is 6.42 Å². The highest BCUT2D eigenvalue weighted by Gasteiger charge is 2.17. The van der Waals surface area contributed by atoms with Crippen LogP contribution in [0.25, 0.3) is 0 Å². The summed E-state index contributed by atoms with van der Waals surface area (Å²) in [6.45, 7) is 9.64. The number of carbonyl (C=O) groups excluding carboxylic acids is 1. The molecular formula is C15H23NO2. The third kappa shape index (κ3) is 5.21. The van der Waals surface area contributed by atoms with E-state index in [1.54, 1.807) is 0 Å². The molecule has 0 saturated carbocycles. The number of alkyl carbamates (subject to hydrolysis) is 1. The Morgan fingerprint density at radius 1 is 1.33 bits per heavy atom. The minimum absolute atomic E-state index is 0.0564. The summed E-state index contributed by atoms with van der Waals surface area (Å²) in [5.74, 6) is 0. The summed E-state index contributed by atoms with van der Waals surface area (Å²) >= 11 is 0. The zero-order chi connectivity index (χ0) is 13.8. The molecule has 0 aromatic heterocycles. The number of carbonyl (C=O) groups is 1. The third-order valence-corrected chi connectivity index (χ3v) is 2.55. The molecule has 0 aliphatic carbocycles. The van der Waals surface area contributed by atoms with Crippen molar-refractivity contribution in [3.63, 3.8) is 0 Å². The predicted octanol–water partition coefficient (Wildman–Crippen LogP) is 3.45. The summed E-state index contributed by atoms with van der Waals surface area (Å²) in [5.41, 5.74) is 2.04. The van der Waals surface area contributed by atoms with Gasteiger partial charge in [0, 0.05) is 6.04 Å². The van der Waals surface area contributed by atoms with Gasteiger partial charge in [-0.3, -0.25) is 0 Å². The van der Waals surface area contributed by atoms with E-state index >= 15 is 0 Å². The van der Waals surface area contributed by atoms with E-state index in [4.69, 9.17) is 4.74 Å². The highest BCUT2D eigenvalue weighted by atomic mass is 16.6. The van der Waals surface area contributed by atoms with E-state index in [1.807, 2.05) is 39.8 Å². The zero-order valence-corrected chi connectivity index (χ0v) is 11.9. The average molecular weight is 249 g/mol. The van der Waals surface area contributed by atoms with Crippen molar-refractivity contribution in [3.8, 4) is 0 Å². The smallest absolute Gasteiger partial charge is 0.407 e. The Balaban J connectivity index is 2.50. The summed E-state index contributed by atoms with van der Waals surface area (Å²) in [6.07, 6.45) is 0.454. The van der Waals surface area contributed by atoms with Crippen molar-refractivity contribution in [3.05, 3.63) is 35.4 Å². The fourth-order valence-corrected chi connectivity index (χ4v) is 1.73. The predicted molar refractivity (Wildman–Crippen MR) is 73.7 cm³/mol. The molecule has 0 aliphatic heterocycles. The molecule has 1 amide bonds. The van der Waals surface area contributed by atoms with Crippen molar-refractivity contribution in [2.75, 3.05) is 0 Å². The number of aryl methyl sites for hydroxylation is 1. The van der Waals surface area contributed by atoms with E-state index < -0.39 is 5.60 Å². The molecule has 1 rings (SSSR count). The molecule has 0 heterocycles. The van der Waals surface area contributed by atoms with Gasteiger partial charge >= 0.3 is 6.09 Å². The second kappa shape index (κ2) is 5.89. The van der Waals surface area contributed by atoms with E-state index in [2.05, 4.69) is 24.4 Å². The Morgan fingerprint density at radius 2 is 1.94 bits per heavy atom. The molecule has 0 aliphatic rings. The van der Waals surface area contributed by atoms with Crippen LogP contribution in [0.5, 0.6) is 0 Å². The molecule has 0 radical (unpaired) electrons. The molecule has 1 aromatic carbocycles. The van der Waals surface area contributed by atoms with Crippen LogP contribution in [0.2, 0.25) is 0 Å². The van der Waals surface area contributed by atoms with Crippen LogP contribution in [-0.4, -0.2) is 17.7 Å². The fraction of sp³-hybridized carbons (Fsp3) is 0.533.